The van der Waals surface area contributed by atoms with Crippen molar-refractivity contribution in [1.29, 1.82) is 0 Å². The molecule has 1 atom stereocenters. The Balaban J connectivity index is 1.39. The number of nitrogens with two attached hydrogens (primary N) is 1. The highest BCUT2D eigenvalue weighted by molar-refractivity contribution is 5.82. The lowest BCUT2D eigenvalue weighted by atomic mass is 9.80. The van der Waals surface area contributed by atoms with E-state index in [9.17, 15) is 0 Å². The van der Waals surface area contributed by atoms with E-state index in [2.05, 4.69) is 58.9 Å². The molecule has 3 aromatic rings. The number of aromatic nitrogens is 2. The van der Waals surface area contributed by atoms with Crippen LogP contribution in [0.4, 0.5) is 0 Å². The van der Waals surface area contributed by atoms with Crippen LogP contribution in [-0.4, -0.2) is 33.6 Å². The van der Waals surface area contributed by atoms with Crippen LogP contribution in [0.15, 0.2) is 42.5 Å². The molecule has 2 heterocycles. The van der Waals surface area contributed by atoms with Crippen LogP contribution in [0, 0.1) is 5.92 Å². The highest BCUT2D eigenvalue weighted by atomic mass is 15.2. The average molecular weight is 375 g/mol. The maximum Gasteiger partial charge on any atom is 0.111 e. The van der Waals surface area contributed by atoms with Gasteiger partial charge in [-0.25, -0.2) is 4.98 Å². The zero-order valence-electron chi connectivity index (χ0n) is 16.8. The Bertz CT molecular complexity index is 968. The number of fused-ring (bicyclic) bond motifs is 3. The van der Waals surface area contributed by atoms with Gasteiger partial charge in [-0.05, 0) is 54.5 Å². The summed E-state index contributed by atoms with van der Waals surface area (Å²) < 4.78 is 2.45. The van der Waals surface area contributed by atoms with Gasteiger partial charge in [0.05, 0.1) is 11.0 Å². The molecular weight excluding hydrogens is 344 g/mol. The summed E-state index contributed by atoms with van der Waals surface area (Å²) >= 11 is 0. The maximum atomic E-state index is 5.72. The third-order valence-corrected chi connectivity index (χ3v) is 6.99. The number of rotatable bonds is 4. The van der Waals surface area contributed by atoms with Crippen molar-refractivity contribution >= 4 is 11.0 Å². The second-order valence-corrected chi connectivity index (χ2v) is 8.50. The zero-order valence-corrected chi connectivity index (χ0v) is 16.8. The first-order chi connectivity index (χ1) is 13.7. The first-order valence-corrected chi connectivity index (χ1v) is 10.8. The summed E-state index contributed by atoms with van der Waals surface area (Å²) in [6, 6.07) is 16.0. The molecule has 0 radical (unpaired) electrons. The van der Waals surface area contributed by atoms with Gasteiger partial charge in [0, 0.05) is 38.6 Å². The van der Waals surface area contributed by atoms with Gasteiger partial charge in [-0.2, -0.15) is 0 Å². The van der Waals surface area contributed by atoms with Crippen molar-refractivity contribution in [2.45, 2.75) is 51.7 Å². The number of hydrogen-bond donors (Lipinski definition) is 1. The van der Waals surface area contributed by atoms with Gasteiger partial charge in [0.2, 0.25) is 0 Å². The van der Waals surface area contributed by atoms with Crippen LogP contribution in [0.1, 0.15) is 37.6 Å². The van der Waals surface area contributed by atoms with E-state index in [1.54, 1.807) is 0 Å². The van der Waals surface area contributed by atoms with Gasteiger partial charge in [-0.15, -0.1) is 0 Å². The molecule has 0 saturated heterocycles. The van der Waals surface area contributed by atoms with Gasteiger partial charge in [0.25, 0.3) is 0 Å². The molecule has 1 fully saturated rings. The SMILES string of the molecule is CC(C1CCC1)N1CCc2nc3cc(-c4ccc(CN)cc4)ccc3n2CC1. The first-order valence-electron chi connectivity index (χ1n) is 10.8. The quantitative estimate of drug-likeness (QED) is 0.744. The summed E-state index contributed by atoms with van der Waals surface area (Å²) in [4.78, 5) is 7.71. The molecule has 0 bridgehead atoms. The van der Waals surface area contributed by atoms with Crippen molar-refractivity contribution in [1.82, 2.24) is 14.5 Å². The summed E-state index contributed by atoms with van der Waals surface area (Å²) in [6.07, 6.45) is 5.30. The smallest absolute Gasteiger partial charge is 0.111 e. The van der Waals surface area contributed by atoms with Crippen LogP contribution < -0.4 is 5.73 Å². The summed E-state index contributed by atoms with van der Waals surface area (Å²) in [6.45, 7) is 6.34. The van der Waals surface area contributed by atoms with Gasteiger partial charge >= 0.3 is 0 Å². The Kier molecular flexibility index (Phi) is 4.69. The summed E-state index contributed by atoms with van der Waals surface area (Å²) in [5.41, 5.74) is 11.7. The van der Waals surface area contributed by atoms with Crippen LogP contribution in [0.25, 0.3) is 22.2 Å². The second-order valence-electron chi connectivity index (χ2n) is 8.50. The van der Waals surface area contributed by atoms with E-state index in [0.717, 1.165) is 37.5 Å². The van der Waals surface area contributed by atoms with Crippen LogP contribution in [0.3, 0.4) is 0 Å². The molecule has 2 aromatic carbocycles. The Morgan fingerprint density at radius 3 is 2.54 bits per heavy atom. The van der Waals surface area contributed by atoms with Gasteiger partial charge in [0.1, 0.15) is 5.82 Å². The van der Waals surface area contributed by atoms with E-state index in [1.807, 2.05) is 0 Å². The topological polar surface area (TPSA) is 47.1 Å². The number of benzene rings is 2. The molecule has 4 nitrogen and oxygen atoms in total. The van der Waals surface area contributed by atoms with E-state index in [0.29, 0.717) is 12.6 Å². The largest absolute Gasteiger partial charge is 0.327 e. The minimum Gasteiger partial charge on any atom is -0.327 e. The van der Waals surface area contributed by atoms with Crippen molar-refractivity contribution in [3.05, 3.63) is 53.9 Å². The maximum absolute atomic E-state index is 5.72. The van der Waals surface area contributed by atoms with Crippen LogP contribution in [0.2, 0.25) is 0 Å². The zero-order chi connectivity index (χ0) is 19.1. The Morgan fingerprint density at radius 2 is 1.82 bits per heavy atom. The summed E-state index contributed by atoms with van der Waals surface area (Å²) in [5, 5.41) is 0. The average Bonchev–Trinajstić information content (AvgIpc) is 2.89. The first kappa shape index (κ1) is 17.9. The molecule has 2 N–H and O–H groups in total. The van der Waals surface area contributed by atoms with Crippen molar-refractivity contribution in [3.63, 3.8) is 0 Å². The Labute approximate surface area is 167 Å². The fourth-order valence-electron chi connectivity index (χ4n) is 4.84. The number of imidazole rings is 1. The molecule has 146 valence electrons. The lowest BCUT2D eigenvalue weighted by Crippen LogP contribution is -2.42. The molecule has 1 saturated carbocycles. The van der Waals surface area contributed by atoms with E-state index < -0.39 is 0 Å². The third kappa shape index (κ3) is 3.15. The van der Waals surface area contributed by atoms with E-state index in [1.165, 1.54) is 47.3 Å². The van der Waals surface area contributed by atoms with Crippen molar-refractivity contribution < 1.29 is 0 Å². The standard InChI is InChI=1S/C24H30N4/c1-17(19-3-2-4-19)27-12-11-24-26-22-15-21(9-10-23(22)28(24)14-13-27)20-7-5-18(16-25)6-8-20/h5-10,15,17,19H,2-4,11-14,16,25H2,1H3. The van der Waals surface area contributed by atoms with Gasteiger partial charge in [-0.1, -0.05) is 36.8 Å². The fraction of sp³-hybridized carbons (Fsp3) is 0.458. The third-order valence-electron chi connectivity index (χ3n) is 6.99. The van der Waals surface area contributed by atoms with Crippen molar-refractivity contribution in [2.75, 3.05) is 13.1 Å². The van der Waals surface area contributed by atoms with E-state index in [-0.39, 0.29) is 0 Å². The highest BCUT2D eigenvalue weighted by Crippen LogP contribution is 2.33. The number of nitrogens with zero attached hydrogens (tertiary/aromatic N) is 3. The normalized spacial score (nSPS) is 19.2. The molecular formula is C24H30N4. The van der Waals surface area contributed by atoms with Crippen LogP contribution in [-0.2, 0) is 19.5 Å². The van der Waals surface area contributed by atoms with Gasteiger partial charge in [0.15, 0.2) is 0 Å². The Morgan fingerprint density at radius 1 is 1.04 bits per heavy atom. The van der Waals surface area contributed by atoms with Crippen molar-refractivity contribution in [2.24, 2.45) is 11.7 Å². The van der Waals surface area contributed by atoms with Crippen LogP contribution >= 0.6 is 0 Å². The highest BCUT2D eigenvalue weighted by Gasteiger charge is 2.29. The molecule has 28 heavy (non-hydrogen) atoms. The second kappa shape index (κ2) is 7.34. The summed E-state index contributed by atoms with van der Waals surface area (Å²) in [7, 11) is 0. The molecule has 0 amide bonds. The molecule has 1 aliphatic heterocycles. The molecule has 5 rings (SSSR count). The predicted molar refractivity (Wildman–Crippen MR) is 115 cm³/mol. The molecule has 2 aliphatic rings. The fourth-order valence-corrected chi connectivity index (χ4v) is 4.84. The molecule has 1 aliphatic carbocycles. The van der Waals surface area contributed by atoms with E-state index in [4.69, 9.17) is 10.7 Å². The lowest BCUT2D eigenvalue weighted by molar-refractivity contribution is 0.110. The molecule has 4 heteroatoms. The van der Waals surface area contributed by atoms with Gasteiger partial charge < -0.3 is 10.3 Å². The molecule has 1 unspecified atom stereocenters. The number of hydrogen-bond acceptors (Lipinski definition) is 3. The van der Waals surface area contributed by atoms with Crippen LogP contribution in [0.5, 0.6) is 0 Å². The molecule has 1 aromatic heterocycles. The minimum absolute atomic E-state index is 0.587. The summed E-state index contributed by atoms with van der Waals surface area (Å²) in [5.74, 6) is 2.16. The lowest BCUT2D eigenvalue weighted by Gasteiger charge is -2.38. The monoisotopic (exact) mass is 374 g/mol. The Hall–Kier alpha value is -2.17. The van der Waals surface area contributed by atoms with E-state index >= 15 is 0 Å². The predicted octanol–water partition coefficient (Wildman–Crippen LogP) is 4.21. The molecule has 0 spiro atoms. The van der Waals surface area contributed by atoms with Crippen molar-refractivity contribution in [3.8, 4) is 11.1 Å². The van der Waals surface area contributed by atoms with Gasteiger partial charge in [-0.3, -0.25) is 4.90 Å². The minimum atomic E-state index is 0.587.